The summed E-state index contributed by atoms with van der Waals surface area (Å²) in [6.45, 7) is 4.10. The predicted octanol–water partition coefficient (Wildman–Crippen LogP) is 2.13. The van der Waals surface area contributed by atoms with E-state index in [2.05, 4.69) is 10.9 Å². The molecule has 3 amide bonds. The average Bonchev–Trinajstić information content (AvgIpc) is 3.21. The summed E-state index contributed by atoms with van der Waals surface area (Å²) in [4.78, 5) is 38.8. The third kappa shape index (κ3) is 4.93. The summed E-state index contributed by atoms with van der Waals surface area (Å²) in [5.74, 6) is -0.413. The van der Waals surface area contributed by atoms with Gasteiger partial charge in [0.2, 0.25) is 0 Å². The van der Waals surface area contributed by atoms with Crippen LogP contribution in [0.25, 0.3) is 0 Å². The summed E-state index contributed by atoms with van der Waals surface area (Å²) in [6.07, 6.45) is 1.29. The standard InChI is InChI=1S/C22H25N3O4/c1-15-8-6-9-16(2)20(15)29-14-19(26)23-24-21(27)18-12-7-13-25(18)22(28)17-10-4-3-5-11-17/h3-6,8-11,18H,7,12-14H2,1-2H3,(H,23,26)(H,24,27)/t18-/m1/s1. The van der Waals surface area contributed by atoms with Crippen LogP contribution in [0.3, 0.4) is 0 Å². The van der Waals surface area contributed by atoms with E-state index in [0.29, 0.717) is 24.3 Å². The van der Waals surface area contributed by atoms with E-state index >= 15 is 0 Å². The van der Waals surface area contributed by atoms with Gasteiger partial charge in [-0.25, -0.2) is 0 Å². The molecule has 0 spiro atoms. The van der Waals surface area contributed by atoms with E-state index in [9.17, 15) is 14.4 Å². The number of nitrogens with one attached hydrogen (secondary N) is 2. The van der Waals surface area contributed by atoms with Crippen LogP contribution in [0.4, 0.5) is 0 Å². The van der Waals surface area contributed by atoms with Crippen molar-refractivity contribution in [1.29, 1.82) is 0 Å². The average molecular weight is 395 g/mol. The molecule has 1 heterocycles. The summed E-state index contributed by atoms with van der Waals surface area (Å²) < 4.78 is 5.58. The second kappa shape index (κ2) is 9.23. The molecule has 0 aromatic heterocycles. The van der Waals surface area contributed by atoms with Gasteiger partial charge in [0.15, 0.2) is 6.61 Å². The number of hydrogen-bond donors (Lipinski definition) is 2. The van der Waals surface area contributed by atoms with Crippen LogP contribution >= 0.6 is 0 Å². The first-order valence-electron chi connectivity index (χ1n) is 9.61. The Bertz CT molecular complexity index is 878. The third-order valence-electron chi connectivity index (χ3n) is 4.92. The molecule has 152 valence electrons. The van der Waals surface area contributed by atoms with E-state index in [1.165, 1.54) is 0 Å². The van der Waals surface area contributed by atoms with Crippen molar-refractivity contribution in [3.63, 3.8) is 0 Å². The van der Waals surface area contributed by atoms with Crippen LogP contribution in [0.5, 0.6) is 5.75 Å². The molecule has 1 fully saturated rings. The van der Waals surface area contributed by atoms with Crippen LogP contribution < -0.4 is 15.6 Å². The molecular weight excluding hydrogens is 370 g/mol. The molecule has 0 bridgehead atoms. The molecule has 0 saturated carbocycles. The minimum atomic E-state index is -0.609. The Morgan fingerprint density at radius 1 is 1.00 bits per heavy atom. The molecule has 1 saturated heterocycles. The smallest absolute Gasteiger partial charge is 0.276 e. The maximum atomic E-state index is 12.7. The van der Waals surface area contributed by atoms with Gasteiger partial charge in [0, 0.05) is 12.1 Å². The highest BCUT2D eigenvalue weighted by Gasteiger charge is 2.34. The van der Waals surface area contributed by atoms with Crippen LogP contribution in [0, 0.1) is 13.8 Å². The Labute approximate surface area is 170 Å². The van der Waals surface area contributed by atoms with E-state index in [-0.39, 0.29) is 12.5 Å². The van der Waals surface area contributed by atoms with Gasteiger partial charge >= 0.3 is 0 Å². The molecule has 1 aliphatic heterocycles. The molecule has 2 aromatic rings. The van der Waals surface area contributed by atoms with Crippen molar-refractivity contribution in [2.24, 2.45) is 0 Å². The monoisotopic (exact) mass is 395 g/mol. The lowest BCUT2D eigenvalue weighted by atomic mass is 10.1. The van der Waals surface area contributed by atoms with Crippen molar-refractivity contribution in [3.05, 3.63) is 65.2 Å². The first-order chi connectivity index (χ1) is 14.0. The number of aryl methyl sites for hydroxylation is 2. The number of amides is 3. The number of ether oxygens (including phenoxy) is 1. The molecule has 2 aromatic carbocycles. The highest BCUT2D eigenvalue weighted by molar-refractivity contribution is 5.98. The number of likely N-dealkylation sites (tertiary alicyclic amines) is 1. The van der Waals surface area contributed by atoms with Crippen molar-refractivity contribution in [2.45, 2.75) is 32.7 Å². The quantitative estimate of drug-likeness (QED) is 0.760. The summed E-state index contributed by atoms with van der Waals surface area (Å²) in [5.41, 5.74) is 7.19. The van der Waals surface area contributed by atoms with Gasteiger partial charge in [0.25, 0.3) is 17.7 Å². The molecule has 0 aliphatic carbocycles. The third-order valence-corrected chi connectivity index (χ3v) is 4.92. The molecule has 0 radical (unpaired) electrons. The zero-order valence-electron chi connectivity index (χ0n) is 16.6. The van der Waals surface area contributed by atoms with Crippen LogP contribution in [0.1, 0.15) is 34.3 Å². The largest absolute Gasteiger partial charge is 0.483 e. The van der Waals surface area contributed by atoms with E-state index < -0.39 is 17.9 Å². The van der Waals surface area contributed by atoms with Gasteiger partial charge in [-0.15, -0.1) is 0 Å². The number of nitrogens with zero attached hydrogens (tertiary/aromatic N) is 1. The van der Waals surface area contributed by atoms with Crippen LogP contribution in [-0.4, -0.2) is 41.8 Å². The van der Waals surface area contributed by atoms with E-state index in [1.54, 1.807) is 29.2 Å². The second-order valence-electron chi connectivity index (χ2n) is 7.07. The van der Waals surface area contributed by atoms with E-state index in [1.807, 2.05) is 38.1 Å². The van der Waals surface area contributed by atoms with Crippen molar-refractivity contribution in [1.82, 2.24) is 15.8 Å². The minimum absolute atomic E-state index is 0.187. The maximum Gasteiger partial charge on any atom is 0.276 e. The molecule has 1 aliphatic rings. The number of hydrazine groups is 1. The molecule has 0 unspecified atom stereocenters. The van der Waals surface area contributed by atoms with Gasteiger partial charge in [-0.2, -0.15) is 0 Å². The number of carbonyl (C=O) groups is 3. The lowest BCUT2D eigenvalue weighted by Gasteiger charge is -2.24. The summed E-state index contributed by atoms with van der Waals surface area (Å²) >= 11 is 0. The Kier molecular flexibility index (Phi) is 6.49. The van der Waals surface area contributed by atoms with Gasteiger partial charge in [-0.05, 0) is 49.9 Å². The molecular formula is C22H25N3O4. The fourth-order valence-electron chi connectivity index (χ4n) is 3.44. The summed E-state index contributed by atoms with van der Waals surface area (Å²) in [5, 5.41) is 0. The van der Waals surface area contributed by atoms with Gasteiger partial charge in [-0.1, -0.05) is 36.4 Å². The maximum absolute atomic E-state index is 12.7. The van der Waals surface area contributed by atoms with Gasteiger partial charge < -0.3 is 9.64 Å². The lowest BCUT2D eigenvalue weighted by molar-refractivity contribution is -0.131. The minimum Gasteiger partial charge on any atom is -0.483 e. The topological polar surface area (TPSA) is 87.7 Å². The Morgan fingerprint density at radius 3 is 2.38 bits per heavy atom. The van der Waals surface area contributed by atoms with E-state index in [0.717, 1.165) is 17.5 Å². The second-order valence-corrected chi connectivity index (χ2v) is 7.07. The van der Waals surface area contributed by atoms with Crippen molar-refractivity contribution in [2.75, 3.05) is 13.2 Å². The van der Waals surface area contributed by atoms with Crippen LogP contribution in [0.2, 0.25) is 0 Å². The summed E-state index contributed by atoms with van der Waals surface area (Å²) in [6, 6.07) is 14.0. The molecule has 2 N–H and O–H groups in total. The number of benzene rings is 2. The lowest BCUT2D eigenvalue weighted by Crippen LogP contribution is -2.52. The molecule has 7 heteroatoms. The first-order valence-corrected chi connectivity index (χ1v) is 9.61. The predicted molar refractivity (Wildman–Crippen MR) is 108 cm³/mol. The fraction of sp³-hybridized carbons (Fsp3) is 0.318. The van der Waals surface area contributed by atoms with Crippen LogP contribution in [0.15, 0.2) is 48.5 Å². The highest BCUT2D eigenvalue weighted by Crippen LogP contribution is 2.22. The molecule has 7 nitrogen and oxygen atoms in total. The number of rotatable bonds is 5. The molecule has 29 heavy (non-hydrogen) atoms. The summed E-state index contributed by atoms with van der Waals surface area (Å²) in [7, 11) is 0. The normalized spacial score (nSPS) is 15.7. The van der Waals surface area contributed by atoms with Gasteiger partial charge in [0.1, 0.15) is 11.8 Å². The number of para-hydroxylation sites is 1. The van der Waals surface area contributed by atoms with Crippen molar-refractivity contribution in [3.8, 4) is 5.75 Å². The van der Waals surface area contributed by atoms with Crippen LogP contribution in [-0.2, 0) is 9.59 Å². The van der Waals surface area contributed by atoms with Gasteiger partial charge in [-0.3, -0.25) is 25.2 Å². The number of carbonyl (C=O) groups excluding carboxylic acids is 3. The Balaban J connectivity index is 1.52. The number of hydrogen-bond acceptors (Lipinski definition) is 4. The van der Waals surface area contributed by atoms with Gasteiger partial charge in [0.05, 0.1) is 0 Å². The Hall–Kier alpha value is -3.35. The Morgan fingerprint density at radius 2 is 1.69 bits per heavy atom. The van der Waals surface area contributed by atoms with E-state index in [4.69, 9.17) is 4.74 Å². The van der Waals surface area contributed by atoms with Crippen molar-refractivity contribution >= 4 is 17.7 Å². The molecule has 1 atom stereocenters. The highest BCUT2D eigenvalue weighted by atomic mass is 16.5. The first kappa shape index (κ1) is 20.4. The molecule has 3 rings (SSSR count). The fourth-order valence-corrected chi connectivity index (χ4v) is 3.44. The SMILES string of the molecule is Cc1cccc(C)c1OCC(=O)NNC(=O)[C@H]1CCCN1C(=O)c1ccccc1. The zero-order chi connectivity index (χ0) is 20.8. The van der Waals surface area contributed by atoms with Crippen molar-refractivity contribution < 1.29 is 19.1 Å². The zero-order valence-corrected chi connectivity index (χ0v) is 16.6.